The Balaban J connectivity index is 1.35. The van der Waals surface area contributed by atoms with E-state index in [1.54, 1.807) is 42.5 Å². The third-order valence-electron chi connectivity index (χ3n) is 7.92. The number of benzene rings is 4. The van der Waals surface area contributed by atoms with Crippen molar-refractivity contribution < 1.29 is 22.7 Å². The van der Waals surface area contributed by atoms with E-state index in [-0.39, 0.29) is 23.8 Å². The minimum Gasteiger partial charge on any atom is -0.384 e. The SMILES string of the molecule is O=C(Cc1cccc(F)c1CC[C@H]1CNCCN1S(=O)(=O)c1ccccc1)[C@H](O)C(c1ccccc1)c1ccccc1. The second-order valence-corrected chi connectivity index (χ2v) is 12.5. The van der Waals surface area contributed by atoms with Crippen LogP contribution in [0, 0.1) is 5.82 Å². The molecule has 8 heteroatoms. The van der Waals surface area contributed by atoms with Gasteiger partial charge < -0.3 is 10.4 Å². The molecular formula is C34H35FN2O4S. The van der Waals surface area contributed by atoms with Crippen LogP contribution in [0.4, 0.5) is 4.39 Å². The van der Waals surface area contributed by atoms with Gasteiger partial charge in [0.25, 0.3) is 0 Å². The average Bonchev–Trinajstić information content (AvgIpc) is 3.02. The standard InChI is InChI=1S/C34H35FN2O4S/c35-31-18-10-15-27(23-32(38)34(39)33(25-11-4-1-5-12-25)26-13-6-2-7-14-26)30(31)20-19-28-24-36-21-22-37(28)42(40,41)29-16-8-3-9-17-29/h1-18,28,33-34,36,39H,19-24H2/t28-,34-/m0/s1. The number of ketones is 1. The third-order valence-corrected chi connectivity index (χ3v) is 9.88. The van der Waals surface area contributed by atoms with Crippen LogP contribution in [0.1, 0.15) is 34.6 Å². The number of carbonyl (C=O) groups is 1. The second kappa shape index (κ2) is 13.5. The van der Waals surface area contributed by atoms with E-state index in [4.69, 9.17) is 0 Å². The molecule has 0 aliphatic carbocycles. The molecule has 2 atom stereocenters. The van der Waals surface area contributed by atoms with Gasteiger partial charge >= 0.3 is 0 Å². The molecule has 1 aliphatic heterocycles. The number of carbonyl (C=O) groups excluding carboxylic acids is 1. The molecule has 2 N–H and O–H groups in total. The Bertz CT molecular complexity index is 1540. The zero-order valence-corrected chi connectivity index (χ0v) is 24.1. The van der Waals surface area contributed by atoms with Gasteiger partial charge in [-0.05, 0) is 53.3 Å². The monoisotopic (exact) mass is 586 g/mol. The van der Waals surface area contributed by atoms with Crippen molar-refractivity contribution in [3.63, 3.8) is 0 Å². The molecular weight excluding hydrogens is 551 g/mol. The highest BCUT2D eigenvalue weighted by molar-refractivity contribution is 7.89. The molecule has 1 fully saturated rings. The molecule has 1 saturated heterocycles. The van der Waals surface area contributed by atoms with E-state index in [0.717, 1.165) is 11.1 Å². The lowest BCUT2D eigenvalue weighted by molar-refractivity contribution is -0.127. The zero-order valence-electron chi connectivity index (χ0n) is 23.3. The first kappa shape index (κ1) is 29.8. The average molecular weight is 587 g/mol. The lowest BCUT2D eigenvalue weighted by Crippen LogP contribution is -2.53. The normalized spacial score (nSPS) is 16.8. The summed E-state index contributed by atoms with van der Waals surface area (Å²) in [6, 6.07) is 31.4. The van der Waals surface area contributed by atoms with Crippen LogP contribution in [0.25, 0.3) is 0 Å². The first-order valence-electron chi connectivity index (χ1n) is 14.2. The van der Waals surface area contributed by atoms with E-state index < -0.39 is 33.6 Å². The summed E-state index contributed by atoms with van der Waals surface area (Å²) in [6.45, 7) is 1.30. The Morgan fingerprint density at radius 2 is 1.48 bits per heavy atom. The van der Waals surface area contributed by atoms with Crippen LogP contribution in [-0.2, 0) is 27.7 Å². The lowest BCUT2D eigenvalue weighted by atomic mass is 9.83. The van der Waals surface area contributed by atoms with Crippen LogP contribution in [0.3, 0.4) is 0 Å². The quantitative estimate of drug-likeness (QED) is 0.266. The highest BCUT2D eigenvalue weighted by Crippen LogP contribution is 2.30. The van der Waals surface area contributed by atoms with Crippen LogP contribution in [0.5, 0.6) is 0 Å². The van der Waals surface area contributed by atoms with Gasteiger partial charge in [-0.15, -0.1) is 0 Å². The molecule has 4 aromatic carbocycles. The Hall–Kier alpha value is -3.69. The maximum Gasteiger partial charge on any atom is 0.243 e. The number of hydrogen-bond acceptors (Lipinski definition) is 5. The number of aliphatic hydroxyl groups excluding tert-OH is 1. The number of Topliss-reactive ketones (excluding diaryl/α,β-unsaturated/α-hetero) is 1. The van der Waals surface area contributed by atoms with Crippen molar-refractivity contribution in [3.8, 4) is 0 Å². The van der Waals surface area contributed by atoms with Gasteiger partial charge in [-0.3, -0.25) is 4.79 Å². The van der Waals surface area contributed by atoms with Crippen LogP contribution >= 0.6 is 0 Å². The van der Waals surface area contributed by atoms with Crippen molar-refractivity contribution in [2.24, 2.45) is 0 Å². The minimum atomic E-state index is -3.72. The summed E-state index contributed by atoms with van der Waals surface area (Å²) >= 11 is 0. The van der Waals surface area contributed by atoms with Crippen LogP contribution in [0.2, 0.25) is 0 Å². The molecule has 0 amide bonds. The van der Waals surface area contributed by atoms with Crippen LogP contribution < -0.4 is 5.32 Å². The van der Waals surface area contributed by atoms with Crippen molar-refractivity contribution in [2.45, 2.75) is 42.2 Å². The van der Waals surface area contributed by atoms with Gasteiger partial charge in [0.1, 0.15) is 11.9 Å². The van der Waals surface area contributed by atoms with Gasteiger partial charge in [0.15, 0.2) is 5.78 Å². The van der Waals surface area contributed by atoms with E-state index in [1.165, 1.54) is 10.4 Å². The molecule has 0 aromatic heterocycles. The number of hydrogen-bond donors (Lipinski definition) is 2. The molecule has 218 valence electrons. The van der Waals surface area contributed by atoms with E-state index in [2.05, 4.69) is 5.32 Å². The van der Waals surface area contributed by atoms with Crippen molar-refractivity contribution in [1.29, 1.82) is 0 Å². The summed E-state index contributed by atoms with van der Waals surface area (Å²) in [5.74, 6) is -1.42. The Morgan fingerprint density at radius 3 is 2.10 bits per heavy atom. The topological polar surface area (TPSA) is 86.7 Å². The Morgan fingerprint density at radius 1 is 0.881 bits per heavy atom. The molecule has 6 nitrogen and oxygen atoms in total. The fourth-order valence-electron chi connectivity index (χ4n) is 5.75. The summed E-state index contributed by atoms with van der Waals surface area (Å²) in [5.41, 5.74) is 2.50. The number of aliphatic hydroxyl groups is 1. The van der Waals surface area contributed by atoms with Gasteiger partial charge in [-0.1, -0.05) is 91.0 Å². The van der Waals surface area contributed by atoms with Crippen LogP contribution in [0.15, 0.2) is 114 Å². The predicted octanol–water partition coefficient (Wildman–Crippen LogP) is 4.73. The molecule has 4 aromatic rings. The Kier molecular flexibility index (Phi) is 9.59. The fraction of sp³-hybridized carbons (Fsp3) is 0.265. The summed E-state index contributed by atoms with van der Waals surface area (Å²) in [5, 5.41) is 14.6. The number of nitrogens with zero attached hydrogens (tertiary/aromatic N) is 1. The highest BCUT2D eigenvalue weighted by Gasteiger charge is 2.34. The number of halogens is 1. The van der Waals surface area contributed by atoms with Gasteiger partial charge in [-0.25, -0.2) is 12.8 Å². The number of rotatable bonds is 11. The molecule has 0 spiro atoms. The molecule has 0 radical (unpaired) electrons. The van der Waals surface area contributed by atoms with Crippen molar-refractivity contribution in [2.75, 3.05) is 19.6 Å². The van der Waals surface area contributed by atoms with Crippen molar-refractivity contribution in [1.82, 2.24) is 9.62 Å². The summed E-state index contributed by atoms with van der Waals surface area (Å²) < 4.78 is 43.5. The second-order valence-electron chi connectivity index (χ2n) is 10.6. The van der Waals surface area contributed by atoms with E-state index >= 15 is 4.39 Å². The maximum absolute atomic E-state index is 15.2. The predicted molar refractivity (Wildman–Crippen MR) is 161 cm³/mol. The number of sulfonamides is 1. The first-order valence-corrected chi connectivity index (χ1v) is 15.6. The molecule has 5 rings (SSSR count). The van der Waals surface area contributed by atoms with E-state index in [0.29, 0.717) is 37.2 Å². The fourth-order valence-corrected chi connectivity index (χ4v) is 7.42. The van der Waals surface area contributed by atoms with Gasteiger partial charge in [-0.2, -0.15) is 4.31 Å². The lowest BCUT2D eigenvalue weighted by Gasteiger charge is -2.35. The Labute approximate surface area is 246 Å². The minimum absolute atomic E-state index is 0.140. The molecule has 1 heterocycles. The van der Waals surface area contributed by atoms with E-state index in [1.807, 2.05) is 60.7 Å². The molecule has 0 saturated carbocycles. The highest BCUT2D eigenvalue weighted by atomic mass is 32.2. The summed E-state index contributed by atoms with van der Waals surface area (Å²) in [6.07, 6.45) is -0.848. The maximum atomic E-state index is 15.2. The third kappa shape index (κ3) is 6.68. The van der Waals surface area contributed by atoms with Crippen molar-refractivity contribution in [3.05, 3.63) is 137 Å². The smallest absolute Gasteiger partial charge is 0.243 e. The summed E-state index contributed by atoms with van der Waals surface area (Å²) in [7, 11) is -3.72. The van der Waals surface area contributed by atoms with Crippen molar-refractivity contribution >= 4 is 15.8 Å². The number of nitrogens with one attached hydrogen (secondary N) is 1. The molecule has 42 heavy (non-hydrogen) atoms. The van der Waals surface area contributed by atoms with E-state index in [9.17, 15) is 18.3 Å². The van der Waals surface area contributed by atoms with Gasteiger partial charge in [0, 0.05) is 38.0 Å². The molecule has 1 aliphatic rings. The zero-order chi connectivity index (χ0) is 29.5. The summed E-state index contributed by atoms with van der Waals surface area (Å²) in [4.78, 5) is 13.8. The largest absolute Gasteiger partial charge is 0.384 e. The number of piperazine rings is 1. The van der Waals surface area contributed by atoms with Crippen LogP contribution in [-0.4, -0.2) is 55.4 Å². The van der Waals surface area contributed by atoms with Gasteiger partial charge in [0.2, 0.25) is 10.0 Å². The first-order chi connectivity index (χ1) is 20.4. The molecule has 0 bridgehead atoms. The van der Waals surface area contributed by atoms with Gasteiger partial charge in [0.05, 0.1) is 4.90 Å². The molecule has 0 unspecified atom stereocenters.